The number of methoxy groups -OCH3 is 1. The van der Waals surface area contributed by atoms with Crippen LogP contribution in [0.2, 0.25) is 0 Å². The lowest BCUT2D eigenvalue weighted by atomic mass is 9.95. The van der Waals surface area contributed by atoms with Crippen LogP contribution in [-0.2, 0) is 4.74 Å². The molecule has 0 spiro atoms. The van der Waals surface area contributed by atoms with Crippen molar-refractivity contribution in [1.29, 1.82) is 0 Å². The summed E-state index contributed by atoms with van der Waals surface area (Å²) in [4.78, 5) is 25.0. The van der Waals surface area contributed by atoms with Crippen molar-refractivity contribution in [2.24, 2.45) is 0 Å². The number of rotatable bonds is 8. The number of ether oxygens (including phenoxy) is 3. The topological polar surface area (TPSA) is 107 Å². The maximum Gasteiger partial charge on any atom is 0.349 e. The molecular formula is C23H29NO7. The normalized spacial score (nSPS) is 15.4. The summed E-state index contributed by atoms with van der Waals surface area (Å²) in [6.45, 7) is 4.73. The fourth-order valence-electron chi connectivity index (χ4n) is 3.60. The Morgan fingerprint density at radius 2 is 1.97 bits per heavy atom. The predicted molar refractivity (Wildman–Crippen MR) is 114 cm³/mol. The highest BCUT2D eigenvalue weighted by molar-refractivity contribution is 5.95. The van der Waals surface area contributed by atoms with Crippen LogP contribution in [0.1, 0.15) is 46.0 Å². The van der Waals surface area contributed by atoms with Gasteiger partial charge in [-0.1, -0.05) is 6.07 Å². The lowest BCUT2D eigenvalue weighted by Gasteiger charge is -2.21. The Hall–Kier alpha value is -2.84. The van der Waals surface area contributed by atoms with Gasteiger partial charge >= 0.3 is 5.63 Å². The van der Waals surface area contributed by atoms with E-state index in [1.54, 1.807) is 32.2 Å². The van der Waals surface area contributed by atoms with Crippen LogP contribution in [0.15, 0.2) is 33.5 Å². The summed E-state index contributed by atoms with van der Waals surface area (Å²) in [5.41, 5.74) is 0.649. The smallest absolute Gasteiger partial charge is 0.349 e. The lowest BCUT2D eigenvalue weighted by Crippen LogP contribution is -2.37. The highest BCUT2D eigenvalue weighted by atomic mass is 16.5. The number of nitrogens with one attached hydrogen (secondary N) is 1. The summed E-state index contributed by atoms with van der Waals surface area (Å²) < 4.78 is 21.6. The first-order valence-corrected chi connectivity index (χ1v) is 10.4. The summed E-state index contributed by atoms with van der Waals surface area (Å²) in [5, 5.41) is 12.8. The third-order valence-corrected chi connectivity index (χ3v) is 5.40. The minimum absolute atomic E-state index is 0.0232. The van der Waals surface area contributed by atoms with E-state index >= 15 is 0 Å². The molecule has 1 aliphatic rings. The van der Waals surface area contributed by atoms with Crippen molar-refractivity contribution < 1.29 is 28.5 Å². The molecule has 0 unspecified atom stereocenters. The van der Waals surface area contributed by atoms with E-state index in [1.807, 2.05) is 13.0 Å². The lowest BCUT2D eigenvalue weighted by molar-refractivity contribution is 0.0791. The molecule has 2 aromatic rings. The number of aryl methyl sites for hydroxylation is 1. The molecule has 1 saturated heterocycles. The van der Waals surface area contributed by atoms with E-state index in [-0.39, 0.29) is 24.6 Å². The zero-order chi connectivity index (χ0) is 22.4. The molecule has 8 nitrogen and oxygen atoms in total. The van der Waals surface area contributed by atoms with Crippen LogP contribution in [0.3, 0.4) is 0 Å². The number of amides is 1. The first kappa shape index (κ1) is 22.8. The highest BCUT2D eigenvalue weighted by Crippen LogP contribution is 2.28. The molecular weight excluding hydrogens is 402 g/mol. The number of hydrogen-bond donors (Lipinski definition) is 2. The van der Waals surface area contributed by atoms with Gasteiger partial charge in [0.05, 0.1) is 7.11 Å². The molecule has 1 fully saturated rings. The van der Waals surface area contributed by atoms with Crippen molar-refractivity contribution in [2.75, 3.05) is 33.5 Å². The molecule has 1 aliphatic heterocycles. The van der Waals surface area contributed by atoms with E-state index in [1.165, 1.54) is 0 Å². The number of aliphatic hydroxyl groups is 1. The molecule has 8 heteroatoms. The van der Waals surface area contributed by atoms with Gasteiger partial charge in [0.25, 0.3) is 5.91 Å². The Kier molecular flexibility index (Phi) is 7.70. The van der Waals surface area contributed by atoms with Gasteiger partial charge in [-0.05, 0) is 50.5 Å². The highest BCUT2D eigenvalue weighted by Gasteiger charge is 2.23. The Balaban J connectivity index is 1.57. The minimum atomic E-state index is -0.955. The molecule has 3 rings (SSSR count). The van der Waals surface area contributed by atoms with Gasteiger partial charge in [-0.3, -0.25) is 4.79 Å². The zero-order valence-corrected chi connectivity index (χ0v) is 18.1. The molecule has 1 aromatic carbocycles. The first-order chi connectivity index (χ1) is 14.9. The fourth-order valence-corrected chi connectivity index (χ4v) is 3.60. The standard InChI is InChI=1S/C23H29NO7/c1-14-11-20(16-7-9-29-10-8-16)31-23(27)21(14)22(26)24-12-17(25)13-30-19-6-4-5-18(28-3)15(19)2/h4-6,11,16-17,25H,7-10,12-13H2,1-3H3,(H,24,26)/t17-/m1/s1. The second kappa shape index (κ2) is 10.5. The second-order valence-corrected chi connectivity index (χ2v) is 7.64. The van der Waals surface area contributed by atoms with Gasteiger partial charge in [0.15, 0.2) is 0 Å². The number of carbonyl (C=O) groups is 1. The van der Waals surface area contributed by atoms with Crippen LogP contribution in [0.5, 0.6) is 11.5 Å². The van der Waals surface area contributed by atoms with E-state index in [2.05, 4.69) is 5.32 Å². The summed E-state index contributed by atoms with van der Waals surface area (Å²) in [6, 6.07) is 7.14. The fraction of sp³-hybridized carbons (Fsp3) is 0.478. The third-order valence-electron chi connectivity index (χ3n) is 5.40. The van der Waals surface area contributed by atoms with Gasteiger partial charge in [0.2, 0.25) is 0 Å². The zero-order valence-electron chi connectivity index (χ0n) is 18.1. The van der Waals surface area contributed by atoms with Gasteiger partial charge in [0.1, 0.15) is 35.5 Å². The van der Waals surface area contributed by atoms with Crippen LogP contribution < -0.4 is 20.4 Å². The van der Waals surface area contributed by atoms with E-state index in [0.717, 1.165) is 18.4 Å². The van der Waals surface area contributed by atoms with Crippen LogP contribution in [0.4, 0.5) is 0 Å². The molecule has 0 bridgehead atoms. The van der Waals surface area contributed by atoms with Crippen molar-refractivity contribution in [2.45, 2.75) is 38.7 Å². The van der Waals surface area contributed by atoms with E-state index in [0.29, 0.717) is 36.0 Å². The molecule has 168 valence electrons. The van der Waals surface area contributed by atoms with E-state index in [9.17, 15) is 14.7 Å². The quantitative estimate of drug-likeness (QED) is 0.661. The van der Waals surface area contributed by atoms with Crippen molar-refractivity contribution >= 4 is 5.91 Å². The van der Waals surface area contributed by atoms with Gasteiger partial charge in [-0.15, -0.1) is 0 Å². The summed E-state index contributed by atoms with van der Waals surface area (Å²) >= 11 is 0. The number of hydrogen-bond acceptors (Lipinski definition) is 7. The Morgan fingerprint density at radius 3 is 2.65 bits per heavy atom. The summed E-state index contributed by atoms with van der Waals surface area (Å²) in [7, 11) is 1.57. The molecule has 0 aliphatic carbocycles. The molecule has 1 amide bonds. The molecule has 0 radical (unpaired) electrons. The average molecular weight is 431 g/mol. The van der Waals surface area contributed by atoms with Crippen molar-refractivity contribution in [1.82, 2.24) is 5.32 Å². The summed E-state index contributed by atoms with van der Waals surface area (Å²) in [6.07, 6.45) is 0.614. The average Bonchev–Trinajstić information content (AvgIpc) is 2.77. The summed E-state index contributed by atoms with van der Waals surface area (Å²) in [5.74, 6) is 1.40. The van der Waals surface area contributed by atoms with Crippen LogP contribution in [0, 0.1) is 13.8 Å². The van der Waals surface area contributed by atoms with Gasteiger partial charge < -0.3 is 29.1 Å². The molecule has 31 heavy (non-hydrogen) atoms. The predicted octanol–water partition coefficient (Wildman–Crippen LogP) is 2.33. The molecule has 1 atom stereocenters. The number of aliphatic hydroxyl groups excluding tert-OH is 1. The number of carbonyl (C=O) groups excluding carboxylic acids is 1. The monoisotopic (exact) mass is 431 g/mol. The second-order valence-electron chi connectivity index (χ2n) is 7.64. The Bertz CT molecular complexity index is 963. The molecule has 2 heterocycles. The van der Waals surface area contributed by atoms with Crippen LogP contribution in [-0.4, -0.2) is 50.6 Å². The largest absolute Gasteiger partial charge is 0.496 e. The van der Waals surface area contributed by atoms with Crippen molar-refractivity contribution in [3.05, 3.63) is 57.1 Å². The van der Waals surface area contributed by atoms with E-state index < -0.39 is 17.6 Å². The van der Waals surface area contributed by atoms with E-state index in [4.69, 9.17) is 18.6 Å². The third kappa shape index (κ3) is 5.65. The van der Waals surface area contributed by atoms with Crippen LogP contribution >= 0.6 is 0 Å². The SMILES string of the molecule is COc1cccc(OC[C@H](O)CNC(=O)c2c(C)cc(C3CCOCC3)oc2=O)c1C. The minimum Gasteiger partial charge on any atom is -0.496 e. The van der Waals surface area contributed by atoms with Crippen LogP contribution in [0.25, 0.3) is 0 Å². The Morgan fingerprint density at radius 1 is 1.26 bits per heavy atom. The van der Waals surface area contributed by atoms with Crippen molar-refractivity contribution in [3.63, 3.8) is 0 Å². The molecule has 0 saturated carbocycles. The maximum absolute atomic E-state index is 12.5. The Labute approximate surface area is 181 Å². The van der Waals surface area contributed by atoms with Crippen molar-refractivity contribution in [3.8, 4) is 11.5 Å². The molecule has 2 N–H and O–H groups in total. The van der Waals surface area contributed by atoms with Gasteiger partial charge in [-0.2, -0.15) is 0 Å². The molecule has 1 aromatic heterocycles. The number of benzene rings is 1. The first-order valence-electron chi connectivity index (χ1n) is 10.4. The van der Waals surface area contributed by atoms with Gasteiger partial charge in [-0.25, -0.2) is 4.79 Å². The van der Waals surface area contributed by atoms with Gasteiger partial charge in [0, 0.05) is 31.2 Å². The maximum atomic E-state index is 12.5.